The van der Waals surface area contributed by atoms with Gasteiger partial charge in [-0.1, -0.05) is 19.8 Å². The third-order valence-electron chi connectivity index (χ3n) is 5.00. The second-order valence-corrected chi connectivity index (χ2v) is 8.08. The third kappa shape index (κ3) is 5.15. The predicted octanol–water partition coefficient (Wildman–Crippen LogP) is 3.94. The summed E-state index contributed by atoms with van der Waals surface area (Å²) in [5.41, 5.74) is -0.403. The zero-order valence-corrected chi connectivity index (χ0v) is 14.9. The topological polar surface area (TPSA) is 41.6 Å². The van der Waals surface area contributed by atoms with E-state index in [1.807, 2.05) is 25.7 Å². The molecule has 1 amide bonds. The number of likely N-dealkylation sites (tertiary alicyclic amines) is 1. The van der Waals surface area contributed by atoms with Gasteiger partial charge in [0.2, 0.25) is 0 Å². The van der Waals surface area contributed by atoms with E-state index >= 15 is 0 Å². The molecule has 3 unspecified atom stereocenters. The number of hydrogen-bond donors (Lipinski definition) is 1. The van der Waals surface area contributed by atoms with E-state index in [-0.39, 0.29) is 6.09 Å². The molecule has 1 saturated carbocycles. The maximum absolute atomic E-state index is 12.3. The summed E-state index contributed by atoms with van der Waals surface area (Å²) >= 11 is 0. The quantitative estimate of drug-likeness (QED) is 0.855. The highest BCUT2D eigenvalue weighted by Crippen LogP contribution is 2.25. The fraction of sp³-hybridized carbons (Fsp3) is 0.944. The lowest BCUT2D eigenvalue weighted by Crippen LogP contribution is -2.43. The zero-order chi connectivity index (χ0) is 16.2. The highest BCUT2D eigenvalue weighted by atomic mass is 16.6. The van der Waals surface area contributed by atoms with Gasteiger partial charge in [-0.15, -0.1) is 0 Å². The van der Waals surface area contributed by atoms with Crippen molar-refractivity contribution in [1.82, 2.24) is 10.2 Å². The van der Waals surface area contributed by atoms with E-state index in [0.29, 0.717) is 12.1 Å². The average molecular weight is 310 g/mol. The van der Waals surface area contributed by atoms with Crippen molar-refractivity contribution in [1.29, 1.82) is 0 Å². The van der Waals surface area contributed by atoms with Crippen molar-refractivity contribution in [3.63, 3.8) is 0 Å². The first-order chi connectivity index (χ1) is 10.4. The van der Waals surface area contributed by atoms with Crippen LogP contribution in [0.5, 0.6) is 0 Å². The molecule has 2 rings (SSSR count). The van der Waals surface area contributed by atoms with E-state index in [0.717, 1.165) is 38.3 Å². The van der Waals surface area contributed by atoms with Crippen LogP contribution >= 0.6 is 0 Å². The Labute approximate surface area is 136 Å². The molecule has 0 aromatic heterocycles. The molecule has 1 aliphatic carbocycles. The molecule has 4 nitrogen and oxygen atoms in total. The van der Waals surface area contributed by atoms with Gasteiger partial charge < -0.3 is 15.0 Å². The number of rotatable bonds is 4. The van der Waals surface area contributed by atoms with Crippen molar-refractivity contribution in [2.45, 2.75) is 90.3 Å². The van der Waals surface area contributed by atoms with Gasteiger partial charge in [0.05, 0.1) is 0 Å². The molecule has 2 fully saturated rings. The summed E-state index contributed by atoms with van der Waals surface area (Å²) in [7, 11) is 0. The molecule has 22 heavy (non-hydrogen) atoms. The minimum absolute atomic E-state index is 0.138. The van der Waals surface area contributed by atoms with Crippen molar-refractivity contribution < 1.29 is 9.53 Å². The lowest BCUT2D eigenvalue weighted by atomic mass is 9.86. The highest BCUT2D eigenvalue weighted by molar-refractivity contribution is 5.68. The Morgan fingerprint density at radius 2 is 1.91 bits per heavy atom. The molecule has 3 atom stereocenters. The van der Waals surface area contributed by atoms with Gasteiger partial charge in [-0.2, -0.15) is 0 Å². The van der Waals surface area contributed by atoms with Crippen LogP contribution in [-0.4, -0.2) is 41.8 Å². The minimum Gasteiger partial charge on any atom is -0.444 e. The van der Waals surface area contributed by atoms with Crippen LogP contribution in [0.25, 0.3) is 0 Å². The smallest absolute Gasteiger partial charge is 0.410 e. The Balaban J connectivity index is 1.75. The summed E-state index contributed by atoms with van der Waals surface area (Å²) in [5.74, 6) is 0.791. The van der Waals surface area contributed by atoms with Gasteiger partial charge in [0.15, 0.2) is 0 Å². The number of amides is 1. The first-order valence-electron chi connectivity index (χ1n) is 9.10. The lowest BCUT2D eigenvalue weighted by Gasteiger charge is -2.31. The highest BCUT2D eigenvalue weighted by Gasteiger charge is 2.32. The van der Waals surface area contributed by atoms with E-state index in [1.165, 1.54) is 25.7 Å². The molecule has 1 aliphatic heterocycles. The van der Waals surface area contributed by atoms with Crippen molar-refractivity contribution in [2.75, 3.05) is 13.1 Å². The van der Waals surface area contributed by atoms with Crippen molar-refractivity contribution in [3.8, 4) is 0 Å². The van der Waals surface area contributed by atoms with E-state index in [2.05, 4.69) is 12.2 Å². The Bertz CT molecular complexity index is 365. The van der Waals surface area contributed by atoms with Crippen LogP contribution in [0.3, 0.4) is 0 Å². The number of nitrogens with one attached hydrogen (secondary N) is 1. The Hall–Kier alpha value is -0.770. The molecule has 0 bridgehead atoms. The summed E-state index contributed by atoms with van der Waals surface area (Å²) in [6.07, 6.45) is 8.52. The Morgan fingerprint density at radius 3 is 2.59 bits per heavy atom. The normalized spacial score (nSPS) is 29.6. The zero-order valence-electron chi connectivity index (χ0n) is 14.9. The average Bonchev–Trinajstić information content (AvgIpc) is 2.87. The van der Waals surface area contributed by atoms with Crippen molar-refractivity contribution >= 4 is 6.09 Å². The van der Waals surface area contributed by atoms with Crippen LogP contribution in [0.1, 0.15) is 72.6 Å². The standard InChI is InChI=1S/C18H34N2O2/c1-14-8-5-6-10-16(14)19-12-11-15-9-7-13-20(15)17(21)22-18(2,3)4/h14-16,19H,5-13H2,1-4H3. The van der Waals surface area contributed by atoms with Gasteiger partial charge in [0.25, 0.3) is 0 Å². The van der Waals surface area contributed by atoms with Crippen LogP contribution in [0.4, 0.5) is 4.79 Å². The fourth-order valence-corrected chi connectivity index (χ4v) is 3.75. The predicted molar refractivity (Wildman–Crippen MR) is 90.0 cm³/mol. The minimum atomic E-state index is -0.403. The van der Waals surface area contributed by atoms with Crippen LogP contribution in [0.15, 0.2) is 0 Å². The van der Waals surface area contributed by atoms with Crippen LogP contribution in [0.2, 0.25) is 0 Å². The summed E-state index contributed by atoms with van der Waals surface area (Å²) in [6.45, 7) is 10.0. The number of hydrogen-bond acceptors (Lipinski definition) is 3. The lowest BCUT2D eigenvalue weighted by molar-refractivity contribution is 0.0220. The van der Waals surface area contributed by atoms with Gasteiger partial charge in [0, 0.05) is 18.6 Å². The number of nitrogens with zero attached hydrogens (tertiary/aromatic N) is 1. The second-order valence-electron chi connectivity index (χ2n) is 8.08. The molecule has 2 aliphatic rings. The SMILES string of the molecule is CC1CCCCC1NCCC1CCCN1C(=O)OC(C)(C)C. The molecule has 4 heteroatoms. The van der Waals surface area contributed by atoms with E-state index in [9.17, 15) is 4.79 Å². The van der Waals surface area contributed by atoms with Gasteiger partial charge in [0.1, 0.15) is 5.60 Å². The van der Waals surface area contributed by atoms with Crippen LogP contribution in [0, 0.1) is 5.92 Å². The molecule has 0 aromatic carbocycles. The maximum atomic E-state index is 12.3. The number of carbonyl (C=O) groups is 1. The van der Waals surface area contributed by atoms with E-state index in [4.69, 9.17) is 4.74 Å². The number of carbonyl (C=O) groups excluding carboxylic acids is 1. The largest absolute Gasteiger partial charge is 0.444 e. The Kier molecular flexibility index (Phi) is 6.13. The summed E-state index contributed by atoms with van der Waals surface area (Å²) in [4.78, 5) is 14.2. The maximum Gasteiger partial charge on any atom is 0.410 e. The van der Waals surface area contributed by atoms with Crippen LogP contribution < -0.4 is 5.32 Å². The first kappa shape index (κ1) is 17.6. The summed E-state index contributed by atoms with van der Waals surface area (Å²) in [6, 6.07) is 1.02. The molecule has 1 N–H and O–H groups in total. The van der Waals surface area contributed by atoms with Crippen molar-refractivity contribution in [2.24, 2.45) is 5.92 Å². The summed E-state index contributed by atoms with van der Waals surface area (Å²) < 4.78 is 5.53. The second kappa shape index (κ2) is 7.67. The molecular weight excluding hydrogens is 276 g/mol. The fourth-order valence-electron chi connectivity index (χ4n) is 3.75. The van der Waals surface area contributed by atoms with Gasteiger partial charge >= 0.3 is 6.09 Å². The molecule has 0 radical (unpaired) electrons. The van der Waals surface area contributed by atoms with Crippen molar-refractivity contribution in [3.05, 3.63) is 0 Å². The van der Waals surface area contributed by atoms with E-state index < -0.39 is 5.60 Å². The molecule has 128 valence electrons. The monoisotopic (exact) mass is 310 g/mol. The number of ether oxygens (including phenoxy) is 1. The molecule has 0 spiro atoms. The molecule has 1 saturated heterocycles. The molecule has 1 heterocycles. The third-order valence-corrected chi connectivity index (χ3v) is 5.00. The van der Waals surface area contributed by atoms with Crippen LogP contribution in [-0.2, 0) is 4.74 Å². The molecule has 0 aromatic rings. The summed E-state index contributed by atoms with van der Waals surface area (Å²) in [5, 5.41) is 3.73. The van der Waals surface area contributed by atoms with Gasteiger partial charge in [-0.25, -0.2) is 4.79 Å². The molecular formula is C18H34N2O2. The first-order valence-corrected chi connectivity index (χ1v) is 9.10. The van der Waals surface area contributed by atoms with Gasteiger partial charge in [-0.3, -0.25) is 0 Å². The Morgan fingerprint density at radius 1 is 1.18 bits per heavy atom. The van der Waals surface area contributed by atoms with E-state index in [1.54, 1.807) is 0 Å². The van der Waals surface area contributed by atoms with Gasteiger partial charge in [-0.05, 0) is 65.3 Å².